The summed E-state index contributed by atoms with van der Waals surface area (Å²) >= 11 is 1.34. The van der Waals surface area contributed by atoms with E-state index in [1.165, 1.54) is 50.1 Å². The third-order valence-corrected chi connectivity index (χ3v) is 6.08. The molecule has 26 heavy (non-hydrogen) atoms. The Hall–Kier alpha value is -1.79. The number of fused-ring (bicyclic) bond motifs is 1. The topological polar surface area (TPSA) is 61.4 Å². The zero-order valence-electron chi connectivity index (χ0n) is 15.3. The van der Waals surface area contributed by atoms with Crippen LogP contribution in [0.4, 0.5) is 5.69 Å². The molecule has 0 aromatic heterocycles. The Kier molecular flexibility index (Phi) is 6.74. The Morgan fingerprint density at radius 3 is 3.08 bits per heavy atom. The van der Waals surface area contributed by atoms with Crippen LogP contribution in [0.1, 0.15) is 39.0 Å². The molecule has 1 fully saturated rings. The third kappa shape index (κ3) is 4.89. The number of nitrogens with zero attached hydrogens (tertiary/aromatic N) is 1. The molecule has 0 saturated carbocycles. The SMILES string of the molecule is CCC1CCCCN1CCCNC(=O)C=C1Sc2ccccc2NC1=O. The van der Waals surface area contributed by atoms with Gasteiger partial charge in [0.15, 0.2) is 0 Å². The van der Waals surface area contributed by atoms with Crippen molar-refractivity contribution in [3.8, 4) is 0 Å². The number of carbonyl (C=O) groups is 2. The minimum Gasteiger partial charge on any atom is -0.352 e. The van der Waals surface area contributed by atoms with Gasteiger partial charge in [0.25, 0.3) is 5.91 Å². The third-order valence-electron chi connectivity index (χ3n) is 4.98. The van der Waals surface area contributed by atoms with E-state index < -0.39 is 0 Å². The minimum atomic E-state index is -0.219. The fraction of sp³-hybridized carbons (Fsp3) is 0.500. The predicted octanol–water partition coefficient (Wildman–Crippen LogP) is 3.39. The highest BCUT2D eigenvalue weighted by Gasteiger charge is 2.22. The van der Waals surface area contributed by atoms with Crippen LogP contribution < -0.4 is 10.6 Å². The molecule has 2 aliphatic rings. The zero-order chi connectivity index (χ0) is 18.4. The smallest absolute Gasteiger partial charge is 0.262 e. The Bertz CT molecular complexity index is 689. The summed E-state index contributed by atoms with van der Waals surface area (Å²) in [4.78, 5) is 28.2. The molecule has 1 aromatic rings. The Balaban J connectivity index is 1.45. The molecule has 2 aliphatic heterocycles. The standard InChI is InChI=1S/C20H27N3O2S/c1-2-15-8-5-6-12-23(15)13-7-11-21-19(24)14-18-20(25)22-16-9-3-4-10-17(16)26-18/h3-4,9-10,14-15H,2,5-8,11-13H2,1H3,(H,21,24)(H,22,25). The summed E-state index contributed by atoms with van der Waals surface area (Å²) in [7, 11) is 0. The van der Waals surface area contributed by atoms with Crippen LogP contribution >= 0.6 is 11.8 Å². The molecule has 5 nitrogen and oxygen atoms in total. The van der Waals surface area contributed by atoms with Crippen molar-refractivity contribution in [1.29, 1.82) is 0 Å². The van der Waals surface area contributed by atoms with Gasteiger partial charge in [0.2, 0.25) is 5.91 Å². The molecule has 1 aromatic carbocycles. The number of hydrogen-bond acceptors (Lipinski definition) is 4. The summed E-state index contributed by atoms with van der Waals surface area (Å²) in [5.41, 5.74) is 0.798. The van der Waals surface area contributed by atoms with Crippen molar-refractivity contribution in [3.63, 3.8) is 0 Å². The van der Waals surface area contributed by atoms with Gasteiger partial charge in [-0.15, -0.1) is 0 Å². The zero-order valence-corrected chi connectivity index (χ0v) is 16.1. The van der Waals surface area contributed by atoms with Crippen molar-refractivity contribution in [2.75, 3.05) is 25.0 Å². The van der Waals surface area contributed by atoms with E-state index in [9.17, 15) is 9.59 Å². The second kappa shape index (κ2) is 9.24. The largest absolute Gasteiger partial charge is 0.352 e. The Morgan fingerprint density at radius 2 is 2.23 bits per heavy atom. The van der Waals surface area contributed by atoms with E-state index in [1.807, 2.05) is 24.3 Å². The van der Waals surface area contributed by atoms with Crippen LogP contribution in [0.25, 0.3) is 0 Å². The number of rotatable bonds is 6. The van der Waals surface area contributed by atoms with Crippen molar-refractivity contribution < 1.29 is 9.59 Å². The first kappa shape index (κ1) is 19.0. The number of anilines is 1. The van der Waals surface area contributed by atoms with E-state index in [0.717, 1.165) is 23.5 Å². The van der Waals surface area contributed by atoms with Gasteiger partial charge in [0, 0.05) is 30.1 Å². The summed E-state index contributed by atoms with van der Waals surface area (Å²) in [5.74, 6) is -0.421. The first-order chi connectivity index (χ1) is 12.7. The van der Waals surface area contributed by atoms with Gasteiger partial charge in [-0.3, -0.25) is 9.59 Å². The molecule has 1 unspecified atom stereocenters. The van der Waals surface area contributed by atoms with E-state index in [2.05, 4.69) is 22.5 Å². The summed E-state index contributed by atoms with van der Waals surface area (Å²) < 4.78 is 0. The average Bonchev–Trinajstić information content (AvgIpc) is 2.66. The number of likely N-dealkylation sites (tertiary alicyclic amines) is 1. The number of benzene rings is 1. The number of amides is 2. The van der Waals surface area contributed by atoms with E-state index >= 15 is 0 Å². The van der Waals surface area contributed by atoms with Crippen molar-refractivity contribution in [2.45, 2.75) is 50.0 Å². The number of hydrogen-bond donors (Lipinski definition) is 2. The van der Waals surface area contributed by atoms with E-state index in [4.69, 9.17) is 0 Å². The van der Waals surface area contributed by atoms with Crippen molar-refractivity contribution in [2.24, 2.45) is 0 Å². The number of carbonyl (C=O) groups excluding carboxylic acids is 2. The van der Waals surface area contributed by atoms with Gasteiger partial charge < -0.3 is 15.5 Å². The average molecular weight is 374 g/mol. The van der Waals surface area contributed by atoms with Crippen LogP contribution in [0.15, 0.2) is 40.1 Å². The molecule has 2 amide bonds. The first-order valence-corrected chi connectivity index (χ1v) is 10.3. The highest BCUT2D eigenvalue weighted by Crippen LogP contribution is 2.37. The maximum absolute atomic E-state index is 12.1. The fourth-order valence-corrected chi connectivity index (χ4v) is 4.51. The summed E-state index contributed by atoms with van der Waals surface area (Å²) in [5, 5.41) is 5.73. The molecule has 2 heterocycles. The minimum absolute atomic E-state index is 0.201. The lowest BCUT2D eigenvalue weighted by molar-refractivity contribution is -0.117. The lowest BCUT2D eigenvalue weighted by Gasteiger charge is -2.35. The van der Waals surface area contributed by atoms with Crippen LogP contribution in [0.3, 0.4) is 0 Å². The van der Waals surface area contributed by atoms with Crippen LogP contribution in [0.5, 0.6) is 0 Å². The van der Waals surface area contributed by atoms with Gasteiger partial charge in [-0.2, -0.15) is 0 Å². The highest BCUT2D eigenvalue weighted by molar-refractivity contribution is 8.04. The molecular weight excluding hydrogens is 346 g/mol. The summed E-state index contributed by atoms with van der Waals surface area (Å²) in [6.45, 7) is 5.09. The van der Waals surface area contributed by atoms with Crippen molar-refractivity contribution >= 4 is 29.3 Å². The predicted molar refractivity (Wildman–Crippen MR) is 106 cm³/mol. The summed E-state index contributed by atoms with van der Waals surface area (Å²) in [6.07, 6.45) is 7.46. The van der Waals surface area contributed by atoms with E-state index in [0.29, 0.717) is 17.5 Å². The van der Waals surface area contributed by atoms with E-state index in [1.54, 1.807) is 0 Å². The lowest BCUT2D eigenvalue weighted by atomic mass is 10.00. The second-order valence-electron chi connectivity index (χ2n) is 6.80. The number of para-hydroxylation sites is 1. The van der Waals surface area contributed by atoms with Gasteiger partial charge >= 0.3 is 0 Å². The maximum Gasteiger partial charge on any atom is 0.262 e. The first-order valence-electron chi connectivity index (χ1n) is 9.49. The second-order valence-corrected chi connectivity index (χ2v) is 7.88. The van der Waals surface area contributed by atoms with Crippen LogP contribution in [0, 0.1) is 0 Å². The summed E-state index contributed by atoms with van der Waals surface area (Å²) in [6, 6.07) is 8.30. The Morgan fingerprint density at radius 1 is 1.38 bits per heavy atom. The molecule has 0 aliphatic carbocycles. The number of piperidine rings is 1. The Labute approximate surface area is 159 Å². The van der Waals surface area contributed by atoms with E-state index in [-0.39, 0.29) is 11.8 Å². The van der Waals surface area contributed by atoms with Crippen LogP contribution in [-0.4, -0.2) is 42.4 Å². The molecule has 0 radical (unpaired) electrons. The van der Waals surface area contributed by atoms with Gasteiger partial charge in [-0.1, -0.05) is 37.2 Å². The number of thioether (sulfide) groups is 1. The monoisotopic (exact) mass is 373 g/mol. The molecule has 1 atom stereocenters. The molecule has 1 saturated heterocycles. The highest BCUT2D eigenvalue weighted by atomic mass is 32.2. The number of nitrogens with one attached hydrogen (secondary N) is 2. The molecule has 2 N–H and O–H groups in total. The molecular formula is C20H27N3O2S. The molecule has 140 valence electrons. The van der Waals surface area contributed by atoms with Crippen molar-refractivity contribution in [1.82, 2.24) is 10.2 Å². The van der Waals surface area contributed by atoms with Crippen molar-refractivity contribution in [3.05, 3.63) is 35.2 Å². The van der Waals surface area contributed by atoms with Crippen LogP contribution in [0.2, 0.25) is 0 Å². The van der Waals surface area contributed by atoms with Gasteiger partial charge in [-0.05, 0) is 44.4 Å². The molecule has 6 heteroatoms. The van der Waals surface area contributed by atoms with Gasteiger partial charge in [0.1, 0.15) is 0 Å². The van der Waals surface area contributed by atoms with Gasteiger partial charge in [-0.25, -0.2) is 0 Å². The maximum atomic E-state index is 12.1. The molecule has 3 rings (SSSR count). The van der Waals surface area contributed by atoms with Gasteiger partial charge in [0.05, 0.1) is 10.6 Å². The lowest BCUT2D eigenvalue weighted by Crippen LogP contribution is -2.40. The molecule has 0 spiro atoms. The fourth-order valence-electron chi connectivity index (χ4n) is 3.58. The quantitative estimate of drug-likeness (QED) is 0.593. The molecule has 0 bridgehead atoms. The van der Waals surface area contributed by atoms with Crippen LogP contribution in [-0.2, 0) is 9.59 Å². The normalized spacial score (nSPS) is 22.0.